The van der Waals surface area contributed by atoms with Gasteiger partial charge in [-0.3, -0.25) is 0 Å². The maximum Gasteiger partial charge on any atom is 0.273 e. The van der Waals surface area contributed by atoms with Crippen molar-refractivity contribution in [2.24, 2.45) is 4.99 Å². The van der Waals surface area contributed by atoms with Crippen LogP contribution in [0.25, 0.3) is 0 Å². The van der Waals surface area contributed by atoms with Crippen molar-refractivity contribution in [3.8, 4) is 0 Å². The third-order valence-corrected chi connectivity index (χ3v) is 3.02. The standard InChI is InChI=1S/C13H16ClN2O/c1-10(2)16(7-12-8-17-9-15-12)13-5-3-11(14)4-6-13/h3-6,10,12H,7-8H2,1-2H3. The second kappa shape index (κ2) is 5.41. The third-order valence-electron chi connectivity index (χ3n) is 2.76. The van der Waals surface area contributed by atoms with Crippen LogP contribution in [-0.4, -0.2) is 31.6 Å². The molecule has 0 bridgehead atoms. The van der Waals surface area contributed by atoms with Gasteiger partial charge in [0.05, 0.1) is 0 Å². The van der Waals surface area contributed by atoms with E-state index in [2.05, 4.69) is 30.1 Å². The molecule has 3 nitrogen and oxygen atoms in total. The van der Waals surface area contributed by atoms with E-state index in [0.717, 1.165) is 17.3 Å². The largest absolute Gasteiger partial charge is 0.472 e. The third kappa shape index (κ3) is 3.13. The Morgan fingerprint density at radius 2 is 2.18 bits per heavy atom. The zero-order valence-corrected chi connectivity index (χ0v) is 10.8. The van der Waals surface area contributed by atoms with E-state index in [1.54, 1.807) is 0 Å². The smallest absolute Gasteiger partial charge is 0.273 e. The van der Waals surface area contributed by atoms with Crippen molar-refractivity contribution in [2.75, 3.05) is 18.1 Å². The van der Waals surface area contributed by atoms with Gasteiger partial charge < -0.3 is 9.64 Å². The highest BCUT2D eigenvalue weighted by atomic mass is 35.5. The number of halogens is 1. The lowest BCUT2D eigenvalue weighted by Gasteiger charge is -2.30. The number of ether oxygens (including phenoxy) is 1. The second-order valence-electron chi connectivity index (χ2n) is 4.41. The molecule has 0 saturated heterocycles. The molecule has 0 spiro atoms. The van der Waals surface area contributed by atoms with Crippen molar-refractivity contribution in [1.29, 1.82) is 0 Å². The van der Waals surface area contributed by atoms with Crippen LogP contribution in [0, 0.1) is 0 Å². The predicted molar refractivity (Wildman–Crippen MR) is 71.1 cm³/mol. The minimum absolute atomic E-state index is 0.174. The highest BCUT2D eigenvalue weighted by Crippen LogP contribution is 2.21. The second-order valence-corrected chi connectivity index (χ2v) is 4.84. The number of benzene rings is 1. The summed E-state index contributed by atoms with van der Waals surface area (Å²) in [5.41, 5.74) is 1.16. The Kier molecular flexibility index (Phi) is 3.89. The fourth-order valence-corrected chi connectivity index (χ4v) is 1.98. The Labute approximate surface area is 107 Å². The van der Waals surface area contributed by atoms with Crippen LogP contribution in [0.5, 0.6) is 0 Å². The first-order valence-corrected chi connectivity index (χ1v) is 6.13. The molecule has 91 valence electrons. The average molecular weight is 252 g/mol. The molecule has 1 heterocycles. The summed E-state index contributed by atoms with van der Waals surface area (Å²) in [7, 11) is 0. The first kappa shape index (κ1) is 12.2. The zero-order chi connectivity index (χ0) is 12.3. The molecule has 1 radical (unpaired) electrons. The highest BCUT2D eigenvalue weighted by Gasteiger charge is 2.19. The van der Waals surface area contributed by atoms with Gasteiger partial charge in [-0.1, -0.05) is 11.6 Å². The van der Waals surface area contributed by atoms with E-state index < -0.39 is 0 Å². The molecular weight excluding hydrogens is 236 g/mol. The molecule has 4 heteroatoms. The van der Waals surface area contributed by atoms with E-state index in [0.29, 0.717) is 12.6 Å². The van der Waals surface area contributed by atoms with E-state index in [-0.39, 0.29) is 6.04 Å². The van der Waals surface area contributed by atoms with E-state index in [9.17, 15) is 0 Å². The minimum atomic E-state index is 0.174. The zero-order valence-electron chi connectivity index (χ0n) is 10.1. The first-order valence-electron chi connectivity index (χ1n) is 5.75. The van der Waals surface area contributed by atoms with Crippen LogP contribution in [0.4, 0.5) is 5.69 Å². The quantitative estimate of drug-likeness (QED) is 0.822. The molecular formula is C13H16ClN2O. The van der Waals surface area contributed by atoms with E-state index >= 15 is 0 Å². The Bertz CT molecular complexity index is 389. The molecule has 0 aromatic heterocycles. The minimum Gasteiger partial charge on any atom is -0.472 e. The number of nitrogens with zero attached hydrogens (tertiary/aromatic N) is 2. The molecule has 0 amide bonds. The Morgan fingerprint density at radius 1 is 1.47 bits per heavy atom. The predicted octanol–water partition coefficient (Wildman–Crippen LogP) is 2.86. The molecule has 17 heavy (non-hydrogen) atoms. The number of hydrogen-bond acceptors (Lipinski definition) is 3. The summed E-state index contributed by atoms with van der Waals surface area (Å²) in [6, 6.07) is 8.47. The van der Waals surface area contributed by atoms with Crippen LogP contribution in [0.2, 0.25) is 5.02 Å². The molecule has 1 unspecified atom stereocenters. The van der Waals surface area contributed by atoms with Crippen LogP contribution in [0.1, 0.15) is 13.8 Å². The van der Waals surface area contributed by atoms with Crippen molar-refractivity contribution in [3.05, 3.63) is 29.3 Å². The SMILES string of the molecule is CC(C)N(CC1CO[C]=N1)c1ccc(Cl)cc1. The fourth-order valence-electron chi connectivity index (χ4n) is 1.85. The molecule has 2 rings (SSSR count). The van der Waals surface area contributed by atoms with Crippen molar-refractivity contribution >= 4 is 23.7 Å². The van der Waals surface area contributed by atoms with Gasteiger partial charge in [-0.05, 0) is 38.1 Å². The van der Waals surface area contributed by atoms with Gasteiger partial charge in [0, 0.05) is 23.3 Å². The van der Waals surface area contributed by atoms with Crippen LogP contribution in [-0.2, 0) is 4.74 Å². The Morgan fingerprint density at radius 3 is 2.71 bits per heavy atom. The Balaban J connectivity index is 2.11. The van der Waals surface area contributed by atoms with Crippen molar-refractivity contribution in [2.45, 2.75) is 25.9 Å². The van der Waals surface area contributed by atoms with Crippen LogP contribution in [0.15, 0.2) is 29.3 Å². The van der Waals surface area contributed by atoms with E-state index in [1.165, 1.54) is 0 Å². The summed E-state index contributed by atoms with van der Waals surface area (Å²) in [6.45, 7) is 5.79. The summed E-state index contributed by atoms with van der Waals surface area (Å²) in [4.78, 5) is 6.45. The fraction of sp³-hybridized carbons (Fsp3) is 0.462. The lowest BCUT2D eigenvalue weighted by atomic mass is 10.2. The molecule has 1 aliphatic rings. The van der Waals surface area contributed by atoms with Gasteiger partial charge in [0.25, 0.3) is 6.40 Å². The summed E-state index contributed by atoms with van der Waals surface area (Å²) in [5.74, 6) is 0. The lowest BCUT2D eigenvalue weighted by molar-refractivity contribution is 0.326. The van der Waals surface area contributed by atoms with E-state index in [4.69, 9.17) is 16.3 Å². The maximum absolute atomic E-state index is 5.90. The lowest BCUT2D eigenvalue weighted by Crippen LogP contribution is -2.37. The summed E-state index contributed by atoms with van der Waals surface area (Å²) in [5, 5.41) is 0.757. The molecule has 1 aromatic rings. The van der Waals surface area contributed by atoms with Crippen LogP contribution < -0.4 is 4.90 Å². The van der Waals surface area contributed by atoms with Gasteiger partial charge in [-0.25, -0.2) is 4.99 Å². The van der Waals surface area contributed by atoms with Crippen molar-refractivity contribution in [3.63, 3.8) is 0 Å². The molecule has 0 aliphatic carbocycles. The monoisotopic (exact) mass is 251 g/mol. The number of aliphatic imine (C=N–C) groups is 1. The van der Waals surface area contributed by atoms with Gasteiger partial charge in [-0.2, -0.15) is 0 Å². The maximum atomic E-state index is 5.90. The van der Waals surface area contributed by atoms with Crippen molar-refractivity contribution < 1.29 is 4.74 Å². The van der Waals surface area contributed by atoms with Gasteiger partial charge in [0.2, 0.25) is 0 Å². The van der Waals surface area contributed by atoms with Gasteiger partial charge in [0.1, 0.15) is 12.6 Å². The summed E-state index contributed by atoms with van der Waals surface area (Å²) >= 11 is 5.90. The molecule has 0 saturated carbocycles. The molecule has 1 aromatic carbocycles. The molecule has 1 aliphatic heterocycles. The average Bonchev–Trinajstić information content (AvgIpc) is 2.80. The topological polar surface area (TPSA) is 24.8 Å². The normalized spacial score (nSPS) is 18.5. The van der Waals surface area contributed by atoms with Crippen LogP contribution in [0.3, 0.4) is 0 Å². The summed E-state index contributed by atoms with van der Waals surface area (Å²) < 4.78 is 5.03. The van der Waals surface area contributed by atoms with Crippen LogP contribution >= 0.6 is 11.6 Å². The van der Waals surface area contributed by atoms with Gasteiger partial charge >= 0.3 is 0 Å². The van der Waals surface area contributed by atoms with Gasteiger partial charge in [0.15, 0.2) is 0 Å². The van der Waals surface area contributed by atoms with E-state index in [1.807, 2.05) is 24.3 Å². The Hall–Kier alpha value is -1.22. The molecule has 0 fully saturated rings. The highest BCUT2D eigenvalue weighted by molar-refractivity contribution is 6.30. The number of rotatable bonds is 4. The first-order chi connectivity index (χ1) is 8.16. The summed E-state index contributed by atoms with van der Waals surface area (Å²) in [6.07, 6.45) is 2.55. The van der Waals surface area contributed by atoms with Gasteiger partial charge in [-0.15, -0.1) is 0 Å². The number of hydrogen-bond donors (Lipinski definition) is 0. The number of anilines is 1. The van der Waals surface area contributed by atoms with Crippen molar-refractivity contribution in [1.82, 2.24) is 0 Å². The molecule has 0 N–H and O–H groups in total. The molecule has 1 atom stereocenters.